The first-order valence-corrected chi connectivity index (χ1v) is 11.2. The summed E-state index contributed by atoms with van der Waals surface area (Å²) >= 11 is 1.43. The van der Waals surface area contributed by atoms with Crippen molar-refractivity contribution in [2.75, 3.05) is 11.9 Å². The fourth-order valence-electron chi connectivity index (χ4n) is 4.17. The number of carboxylic acids is 1. The first-order chi connectivity index (χ1) is 13.8. The van der Waals surface area contributed by atoms with E-state index in [2.05, 4.69) is 5.32 Å². The monoisotopic (exact) mass is 419 g/mol. The average molecular weight is 420 g/mol. The number of hydrogen-bond donors (Lipinski definition) is 2. The number of esters is 1. The lowest BCUT2D eigenvalue weighted by Gasteiger charge is -2.29. The Hall–Kier alpha value is -2.15. The zero-order valence-corrected chi connectivity index (χ0v) is 18.1. The van der Waals surface area contributed by atoms with Crippen LogP contribution in [-0.4, -0.2) is 29.6 Å². The van der Waals surface area contributed by atoms with Crippen molar-refractivity contribution in [2.24, 2.45) is 11.8 Å². The zero-order valence-electron chi connectivity index (χ0n) is 17.3. The summed E-state index contributed by atoms with van der Waals surface area (Å²) in [7, 11) is 0. The second-order valence-electron chi connectivity index (χ2n) is 8.06. The Morgan fingerprint density at radius 1 is 1.10 bits per heavy atom. The minimum Gasteiger partial charge on any atom is -0.481 e. The highest BCUT2D eigenvalue weighted by Gasteiger charge is 2.38. The van der Waals surface area contributed by atoms with Crippen LogP contribution >= 0.6 is 11.3 Å². The Morgan fingerprint density at radius 2 is 1.76 bits per heavy atom. The maximum atomic E-state index is 13.1. The Balaban J connectivity index is 1.89. The van der Waals surface area contributed by atoms with Gasteiger partial charge in [-0.3, -0.25) is 9.59 Å². The van der Waals surface area contributed by atoms with Crippen LogP contribution in [0.15, 0.2) is 11.1 Å². The van der Waals surface area contributed by atoms with Crippen LogP contribution in [0.3, 0.4) is 0 Å². The minimum absolute atomic E-state index is 0.326. The van der Waals surface area contributed by atoms with E-state index in [9.17, 15) is 19.5 Å². The SMILES string of the molecule is CCCOC(=O)c1c(NC(=O)[C@H]2CC(C)=C(C)C[C@H]2C(=O)O)sc2c1CCCC2. The Labute approximate surface area is 175 Å². The fourth-order valence-corrected chi connectivity index (χ4v) is 5.45. The number of allylic oxidation sites excluding steroid dienone is 2. The second kappa shape index (κ2) is 9.11. The van der Waals surface area contributed by atoms with Gasteiger partial charge in [0.1, 0.15) is 5.00 Å². The third-order valence-electron chi connectivity index (χ3n) is 5.97. The number of rotatable bonds is 6. The van der Waals surface area contributed by atoms with E-state index in [1.54, 1.807) is 0 Å². The average Bonchev–Trinajstić information content (AvgIpc) is 3.05. The van der Waals surface area contributed by atoms with Crippen LogP contribution in [0.2, 0.25) is 0 Å². The lowest BCUT2D eigenvalue weighted by molar-refractivity contribution is -0.146. The predicted octanol–water partition coefficient (Wildman–Crippen LogP) is 4.58. The molecule has 0 bridgehead atoms. The van der Waals surface area contributed by atoms with Crippen molar-refractivity contribution in [3.63, 3.8) is 0 Å². The van der Waals surface area contributed by atoms with E-state index < -0.39 is 23.8 Å². The third-order valence-corrected chi connectivity index (χ3v) is 7.18. The Morgan fingerprint density at radius 3 is 2.41 bits per heavy atom. The van der Waals surface area contributed by atoms with Gasteiger partial charge in [0, 0.05) is 4.88 Å². The molecule has 0 saturated carbocycles. The number of anilines is 1. The largest absolute Gasteiger partial charge is 0.481 e. The number of aliphatic carboxylic acids is 1. The molecule has 1 amide bonds. The Bertz CT molecular complexity index is 854. The van der Waals surface area contributed by atoms with Crippen LogP contribution in [-0.2, 0) is 27.2 Å². The van der Waals surface area contributed by atoms with Gasteiger partial charge >= 0.3 is 11.9 Å². The number of carbonyl (C=O) groups is 3. The molecule has 0 saturated heterocycles. The molecule has 1 aromatic rings. The molecular formula is C22H29NO5S. The number of ether oxygens (including phenoxy) is 1. The molecule has 0 fully saturated rings. The van der Waals surface area contributed by atoms with Crippen LogP contribution in [0.4, 0.5) is 5.00 Å². The molecule has 2 aliphatic carbocycles. The van der Waals surface area contributed by atoms with E-state index in [4.69, 9.17) is 4.74 Å². The van der Waals surface area contributed by atoms with Crippen LogP contribution in [0.25, 0.3) is 0 Å². The van der Waals surface area contributed by atoms with Crippen molar-refractivity contribution in [1.29, 1.82) is 0 Å². The van der Waals surface area contributed by atoms with Gasteiger partial charge in [-0.15, -0.1) is 11.3 Å². The van der Waals surface area contributed by atoms with Crippen LogP contribution in [0.1, 0.15) is 73.7 Å². The molecule has 0 spiro atoms. The van der Waals surface area contributed by atoms with Crippen LogP contribution in [0.5, 0.6) is 0 Å². The van der Waals surface area contributed by atoms with Crippen LogP contribution in [0, 0.1) is 11.8 Å². The van der Waals surface area contributed by atoms with Crippen molar-refractivity contribution in [2.45, 2.75) is 65.7 Å². The quantitative estimate of drug-likeness (QED) is 0.520. The smallest absolute Gasteiger partial charge is 0.341 e. The molecule has 3 rings (SSSR count). The standard InChI is InChI=1S/C22H29NO5S/c1-4-9-28-22(27)18-14-7-5-6-8-17(14)29-20(18)23-19(24)15-10-12(2)13(3)11-16(15)21(25)26/h15-16H,4-11H2,1-3H3,(H,23,24)(H,25,26)/t15-,16+/m0/s1. The molecule has 7 heteroatoms. The van der Waals surface area contributed by atoms with Crippen molar-refractivity contribution >= 4 is 34.2 Å². The van der Waals surface area contributed by atoms with E-state index in [1.807, 2.05) is 20.8 Å². The number of carbonyl (C=O) groups excluding carboxylic acids is 2. The molecule has 0 aromatic carbocycles. The lowest BCUT2D eigenvalue weighted by atomic mass is 9.76. The lowest BCUT2D eigenvalue weighted by Crippen LogP contribution is -2.36. The van der Waals surface area contributed by atoms with Gasteiger partial charge in [0.15, 0.2) is 0 Å². The highest BCUT2D eigenvalue weighted by Crippen LogP contribution is 2.40. The summed E-state index contributed by atoms with van der Waals surface area (Å²) in [6, 6.07) is 0. The van der Waals surface area contributed by atoms with Gasteiger partial charge in [0.25, 0.3) is 0 Å². The molecule has 0 radical (unpaired) electrons. The fraction of sp³-hybridized carbons (Fsp3) is 0.591. The highest BCUT2D eigenvalue weighted by molar-refractivity contribution is 7.17. The van der Waals surface area contributed by atoms with Gasteiger partial charge < -0.3 is 15.2 Å². The van der Waals surface area contributed by atoms with E-state index >= 15 is 0 Å². The maximum Gasteiger partial charge on any atom is 0.341 e. The first kappa shape index (κ1) is 21.6. The van der Waals surface area contributed by atoms with Crippen molar-refractivity contribution < 1.29 is 24.2 Å². The summed E-state index contributed by atoms with van der Waals surface area (Å²) in [5.41, 5.74) is 3.56. The summed E-state index contributed by atoms with van der Waals surface area (Å²) in [5.74, 6) is -3.07. The number of amides is 1. The highest BCUT2D eigenvalue weighted by atomic mass is 32.1. The van der Waals surface area contributed by atoms with E-state index in [0.29, 0.717) is 30.0 Å². The van der Waals surface area contributed by atoms with Gasteiger partial charge in [0.2, 0.25) is 5.91 Å². The Kier molecular flexibility index (Phi) is 6.77. The molecule has 0 unspecified atom stereocenters. The van der Waals surface area contributed by atoms with Crippen molar-refractivity contribution in [3.05, 3.63) is 27.2 Å². The van der Waals surface area contributed by atoms with Gasteiger partial charge in [-0.25, -0.2) is 4.79 Å². The van der Waals surface area contributed by atoms with Gasteiger partial charge in [0.05, 0.1) is 24.0 Å². The molecule has 2 atom stereocenters. The second-order valence-corrected chi connectivity index (χ2v) is 9.17. The van der Waals surface area contributed by atoms with Gasteiger partial charge in [-0.05, 0) is 64.4 Å². The predicted molar refractivity (Wildman–Crippen MR) is 112 cm³/mol. The number of hydrogen-bond acceptors (Lipinski definition) is 5. The normalized spacial score (nSPS) is 21.5. The molecule has 1 heterocycles. The molecule has 0 aliphatic heterocycles. The van der Waals surface area contributed by atoms with Crippen LogP contribution < -0.4 is 5.32 Å². The summed E-state index contributed by atoms with van der Waals surface area (Å²) in [5, 5.41) is 13.0. The zero-order chi connectivity index (χ0) is 21.1. The molecule has 158 valence electrons. The number of fused-ring (bicyclic) bond motifs is 1. The minimum atomic E-state index is -0.954. The van der Waals surface area contributed by atoms with Crippen molar-refractivity contribution in [3.8, 4) is 0 Å². The summed E-state index contributed by atoms with van der Waals surface area (Å²) in [6.07, 6.45) is 5.32. The molecule has 2 aliphatic rings. The molecule has 6 nitrogen and oxygen atoms in total. The van der Waals surface area contributed by atoms with Gasteiger partial charge in [-0.1, -0.05) is 18.1 Å². The first-order valence-electron chi connectivity index (χ1n) is 10.3. The third kappa shape index (κ3) is 4.55. The summed E-state index contributed by atoms with van der Waals surface area (Å²) in [6.45, 7) is 6.15. The maximum absolute atomic E-state index is 13.1. The number of aryl methyl sites for hydroxylation is 1. The number of nitrogens with one attached hydrogen (secondary N) is 1. The molecular weight excluding hydrogens is 390 g/mol. The summed E-state index contributed by atoms with van der Waals surface area (Å²) < 4.78 is 5.37. The molecule has 1 aromatic heterocycles. The number of carboxylic acid groups (broad SMARTS) is 1. The topological polar surface area (TPSA) is 92.7 Å². The van der Waals surface area contributed by atoms with Gasteiger partial charge in [-0.2, -0.15) is 0 Å². The van der Waals surface area contributed by atoms with E-state index in [0.717, 1.165) is 53.7 Å². The molecule has 29 heavy (non-hydrogen) atoms. The molecule has 2 N–H and O–H groups in total. The summed E-state index contributed by atoms with van der Waals surface area (Å²) in [4.78, 5) is 38.7. The number of thiophene rings is 1. The van der Waals surface area contributed by atoms with E-state index in [1.165, 1.54) is 11.3 Å². The van der Waals surface area contributed by atoms with Crippen molar-refractivity contribution in [1.82, 2.24) is 0 Å². The van der Waals surface area contributed by atoms with E-state index in [-0.39, 0.29) is 5.91 Å².